The first-order valence-electron chi connectivity index (χ1n) is 3.68. The maximum absolute atomic E-state index is 8.89. The molecule has 0 aliphatic rings. The summed E-state index contributed by atoms with van der Waals surface area (Å²) in [4.78, 5) is 0.982. The molecule has 1 aromatic heterocycles. The normalized spacial score (nSPS) is 10.8. The predicted molar refractivity (Wildman–Crippen MR) is 52.2 cm³/mol. The average molecular weight is 179 g/mol. The fraction of sp³-hybridized carbons (Fsp3) is 0.111. The number of rotatable bonds is 1. The zero-order valence-corrected chi connectivity index (χ0v) is 7.27. The molecule has 0 radical (unpaired) electrons. The van der Waals surface area contributed by atoms with Crippen LogP contribution in [0.25, 0.3) is 10.1 Å². The molecular formula is C9H9NOS. The maximum Gasteiger partial charge on any atom is 0.0774 e. The Morgan fingerprint density at radius 3 is 2.92 bits per heavy atom. The van der Waals surface area contributed by atoms with Crippen molar-refractivity contribution in [2.24, 2.45) is 0 Å². The fourth-order valence-electron chi connectivity index (χ4n) is 1.18. The number of nitrogen functional groups attached to an aromatic ring is 1. The molecule has 0 amide bonds. The van der Waals surface area contributed by atoms with Crippen LogP contribution in [-0.2, 0) is 6.61 Å². The Hall–Kier alpha value is -1.06. The highest BCUT2D eigenvalue weighted by molar-refractivity contribution is 7.19. The molecule has 3 heteroatoms. The zero-order valence-electron chi connectivity index (χ0n) is 6.45. The van der Waals surface area contributed by atoms with E-state index in [1.165, 1.54) is 0 Å². The van der Waals surface area contributed by atoms with Crippen LogP contribution in [0.15, 0.2) is 24.3 Å². The lowest BCUT2D eigenvalue weighted by Crippen LogP contribution is -1.80. The number of thiophene rings is 1. The molecule has 62 valence electrons. The molecule has 0 saturated carbocycles. The first kappa shape index (κ1) is 7.58. The third-order valence-corrected chi connectivity index (χ3v) is 2.83. The van der Waals surface area contributed by atoms with Gasteiger partial charge in [0.2, 0.25) is 0 Å². The van der Waals surface area contributed by atoms with Gasteiger partial charge in [-0.25, -0.2) is 0 Å². The van der Waals surface area contributed by atoms with Gasteiger partial charge in [-0.15, -0.1) is 11.3 Å². The van der Waals surface area contributed by atoms with Crippen LogP contribution in [0.2, 0.25) is 0 Å². The molecule has 0 unspecified atom stereocenters. The Bertz CT molecular complexity index is 408. The minimum absolute atomic E-state index is 0.110. The largest absolute Gasteiger partial charge is 0.399 e. The molecule has 2 aromatic rings. The molecule has 1 heterocycles. The van der Waals surface area contributed by atoms with Crippen molar-refractivity contribution in [1.82, 2.24) is 0 Å². The first-order chi connectivity index (χ1) is 5.79. The van der Waals surface area contributed by atoms with Crippen molar-refractivity contribution in [2.45, 2.75) is 6.61 Å². The van der Waals surface area contributed by atoms with E-state index in [2.05, 4.69) is 0 Å². The second-order valence-corrected chi connectivity index (χ2v) is 3.84. The van der Waals surface area contributed by atoms with Gasteiger partial charge in [-0.05, 0) is 23.6 Å². The van der Waals surface area contributed by atoms with E-state index in [4.69, 9.17) is 10.8 Å². The molecule has 0 aliphatic heterocycles. The van der Waals surface area contributed by atoms with E-state index in [9.17, 15) is 0 Å². The number of aliphatic hydroxyl groups is 1. The average Bonchev–Trinajstić information content (AvgIpc) is 2.46. The van der Waals surface area contributed by atoms with Crippen LogP contribution < -0.4 is 5.73 Å². The van der Waals surface area contributed by atoms with E-state index >= 15 is 0 Å². The zero-order chi connectivity index (χ0) is 8.55. The lowest BCUT2D eigenvalue weighted by Gasteiger charge is -1.90. The topological polar surface area (TPSA) is 46.2 Å². The number of anilines is 1. The molecule has 0 aliphatic carbocycles. The molecule has 0 spiro atoms. The minimum atomic E-state index is 0.110. The Morgan fingerprint density at radius 1 is 1.33 bits per heavy atom. The number of nitrogens with two attached hydrogens (primary N) is 1. The quantitative estimate of drug-likeness (QED) is 0.657. The fourth-order valence-corrected chi connectivity index (χ4v) is 2.15. The van der Waals surface area contributed by atoms with Gasteiger partial charge in [0.05, 0.1) is 6.61 Å². The summed E-state index contributed by atoms with van der Waals surface area (Å²) in [5.74, 6) is 0. The summed E-state index contributed by atoms with van der Waals surface area (Å²) in [5, 5.41) is 10.0. The predicted octanol–water partition coefficient (Wildman–Crippen LogP) is 1.98. The summed E-state index contributed by atoms with van der Waals surface area (Å²) in [5.41, 5.74) is 6.39. The maximum atomic E-state index is 8.89. The van der Waals surface area contributed by atoms with Gasteiger partial charge in [-0.1, -0.05) is 6.07 Å². The van der Waals surface area contributed by atoms with Crippen LogP contribution in [0.5, 0.6) is 0 Å². The standard InChI is InChI=1S/C9H9NOS/c10-7-2-1-6-3-8(5-11)12-9(6)4-7/h1-4,11H,5,10H2. The van der Waals surface area contributed by atoms with Crippen LogP contribution in [0.4, 0.5) is 5.69 Å². The second kappa shape index (κ2) is 2.77. The smallest absolute Gasteiger partial charge is 0.0774 e. The van der Waals surface area contributed by atoms with E-state index in [-0.39, 0.29) is 6.61 Å². The highest BCUT2D eigenvalue weighted by atomic mass is 32.1. The molecule has 2 rings (SSSR count). The van der Waals surface area contributed by atoms with Crippen molar-refractivity contribution >= 4 is 27.1 Å². The van der Waals surface area contributed by atoms with Gasteiger partial charge >= 0.3 is 0 Å². The molecular weight excluding hydrogens is 170 g/mol. The Kier molecular flexibility index (Phi) is 1.75. The summed E-state index contributed by atoms with van der Waals surface area (Å²) in [7, 11) is 0. The summed E-state index contributed by atoms with van der Waals surface area (Å²) in [6, 6.07) is 7.76. The number of hydrogen-bond donors (Lipinski definition) is 2. The first-order valence-corrected chi connectivity index (χ1v) is 4.50. The highest BCUT2D eigenvalue weighted by Gasteiger charge is 1.99. The summed E-state index contributed by atoms with van der Waals surface area (Å²) in [6.07, 6.45) is 0. The van der Waals surface area contributed by atoms with Gasteiger partial charge < -0.3 is 10.8 Å². The van der Waals surface area contributed by atoms with Crippen LogP contribution in [0, 0.1) is 0 Å². The molecule has 0 fully saturated rings. The van der Waals surface area contributed by atoms with E-state index in [1.54, 1.807) is 11.3 Å². The number of benzene rings is 1. The van der Waals surface area contributed by atoms with Crippen LogP contribution in [0.1, 0.15) is 4.88 Å². The Balaban J connectivity index is 2.67. The van der Waals surface area contributed by atoms with Crippen molar-refractivity contribution in [3.05, 3.63) is 29.1 Å². The van der Waals surface area contributed by atoms with Crippen molar-refractivity contribution in [1.29, 1.82) is 0 Å². The van der Waals surface area contributed by atoms with Gasteiger partial charge in [-0.2, -0.15) is 0 Å². The summed E-state index contributed by atoms with van der Waals surface area (Å²) < 4.78 is 1.14. The third-order valence-electron chi connectivity index (χ3n) is 1.75. The summed E-state index contributed by atoms with van der Waals surface area (Å²) >= 11 is 1.58. The van der Waals surface area contributed by atoms with Crippen LogP contribution in [-0.4, -0.2) is 5.11 Å². The second-order valence-electron chi connectivity index (χ2n) is 2.67. The molecule has 1 aromatic carbocycles. The van der Waals surface area contributed by atoms with Gasteiger partial charge in [0, 0.05) is 15.3 Å². The van der Waals surface area contributed by atoms with Crippen LogP contribution >= 0.6 is 11.3 Å². The van der Waals surface area contributed by atoms with Gasteiger partial charge in [0.15, 0.2) is 0 Å². The lowest BCUT2D eigenvalue weighted by atomic mass is 10.2. The van der Waals surface area contributed by atoms with Gasteiger partial charge in [0.1, 0.15) is 0 Å². The van der Waals surface area contributed by atoms with Crippen molar-refractivity contribution in [2.75, 3.05) is 5.73 Å². The van der Waals surface area contributed by atoms with E-state index < -0.39 is 0 Å². The van der Waals surface area contributed by atoms with Gasteiger partial charge in [-0.3, -0.25) is 0 Å². The lowest BCUT2D eigenvalue weighted by molar-refractivity contribution is 0.285. The molecule has 0 saturated heterocycles. The Labute approximate surface area is 74.3 Å². The Morgan fingerprint density at radius 2 is 2.17 bits per heavy atom. The van der Waals surface area contributed by atoms with Crippen molar-refractivity contribution < 1.29 is 5.11 Å². The van der Waals surface area contributed by atoms with E-state index in [0.29, 0.717) is 0 Å². The summed E-state index contributed by atoms with van der Waals surface area (Å²) in [6.45, 7) is 0.110. The molecule has 3 N–H and O–H groups in total. The SMILES string of the molecule is Nc1ccc2cc(CO)sc2c1. The molecule has 0 bridgehead atoms. The number of aliphatic hydroxyl groups excluding tert-OH is 1. The van der Waals surface area contributed by atoms with Crippen molar-refractivity contribution in [3.63, 3.8) is 0 Å². The molecule has 2 nitrogen and oxygen atoms in total. The van der Waals surface area contributed by atoms with E-state index in [1.807, 2.05) is 24.3 Å². The third kappa shape index (κ3) is 1.17. The number of hydrogen-bond acceptors (Lipinski definition) is 3. The molecule has 0 atom stereocenters. The minimum Gasteiger partial charge on any atom is -0.399 e. The monoisotopic (exact) mass is 179 g/mol. The number of fused-ring (bicyclic) bond motifs is 1. The van der Waals surface area contributed by atoms with E-state index in [0.717, 1.165) is 20.7 Å². The highest BCUT2D eigenvalue weighted by Crippen LogP contribution is 2.27. The van der Waals surface area contributed by atoms with Crippen LogP contribution in [0.3, 0.4) is 0 Å². The molecule has 12 heavy (non-hydrogen) atoms. The van der Waals surface area contributed by atoms with Gasteiger partial charge in [0.25, 0.3) is 0 Å². The van der Waals surface area contributed by atoms with Crippen molar-refractivity contribution in [3.8, 4) is 0 Å².